The molecule has 1 aromatic heterocycles. The highest BCUT2D eigenvalue weighted by molar-refractivity contribution is 7.89. The first-order valence-corrected chi connectivity index (χ1v) is 8.95. The van der Waals surface area contributed by atoms with Crippen LogP contribution >= 0.6 is 12.4 Å². The number of halogens is 1. The molecule has 0 atom stereocenters. The van der Waals surface area contributed by atoms with Crippen molar-refractivity contribution in [1.29, 1.82) is 0 Å². The molecule has 24 heavy (non-hydrogen) atoms. The maximum Gasteiger partial charge on any atom is 0.243 e. The van der Waals surface area contributed by atoms with E-state index in [1.54, 1.807) is 13.2 Å². The van der Waals surface area contributed by atoms with Crippen molar-refractivity contribution in [1.82, 2.24) is 19.8 Å². The third-order valence-electron chi connectivity index (χ3n) is 3.22. The minimum atomic E-state index is -3.57. The maximum absolute atomic E-state index is 12.2. The summed E-state index contributed by atoms with van der Waals surface area (Å²) in [7, 11) is -2.01. The third-order valence-corrected chi connectivity index (χ3v) is 4.64. The van der Waals surface area contributed by atoms with Crippen LogP contribution in [0.5, 0.6) is 5.75 Å². The second kappa shape index (κ2) is 9.63. The molecule has 0 amide bonds. The second-order valence-electron chi connectivity index (χ2n) is 4.94. The number of ether oxygens (including phenoxy) is 1. The molecule has 9 heteroatoms. The van der Waals surface area contributed by atoms with Gasteiger partial charge in [0, 0.05) is 13.1 Å². The van der Waals surface area contributed by atoms with Crippen LogP contribution in [0.15, 0.2) is 41.6 Å². The van der Waals surface area contributed by atoms with Crippen molar-refractivity contribution in [3.05, 3.63) is 36.7 Å². The summed E-state index contributed by atoms with van der Waals surface area (Å²) < 4.78 is 33.8. The molecular weight excluding hydrogens is 352 g/mol. The summed E-state index contributed by atoms with van der Waals surface area (Å²) in [5.74, 6) is 0.622. The number of benzene rings is 1. The van der Waals surface area contributed by atoms with Crippen molar-refractivity contribution in [2.75, 3.05) is 26.7 Å². The van der Waals surface area contributed by atoms with Crippen LogP contribution in [-0.4, -0.2) is 44.9 Å². The Labute approximate surface area is 148 Å². The lowest BCUT2D eigenvalue weighted by molar-refractivity contribution is 0.411. The van der Waals surface area contributed by atoms with Crippen molar-refractivity contribution in [3.63, 3.8) is 0 Å². The number of nitrogens with zero attached hydrogens (tertiary/aromatic N) is 2. The molecule has 1 heterocycles. The summed E-state index contributed by atoms with van der Waals surface area (Å²) in [6.45, 7) is 3.85. The highest BCUT2D eigenvalue weighted by Gasteiger charge is 2.17. The van der Waals surface area contributed by atoms with Crippen LogP contribution in [0.2, 0.25) is 0 Å². The van der Waals surface area contributed by atoms with E-state index in [0.717, 1.165) is 13.0 Å². The van der Waals surface area contributed by atoms with Gasteiger partial charge in [0.05, 0.1) is 19.5 Å². The van der Waals surface area contributed by atoms with Crippen LogP contribution in [0.1, 0.15) is 13.3 Å². The van der Waals surface area contributed by atoms with Gasteiger partial charge in [0.25, 0.3) is 0 Å². The van der Waals surface area contributed by atoms with Gasteiger partial charge in [-0.15, -0.1) is 12.4 Å². The van der Waals surface area contributed by atoms with Gasteiger partial charge in [0.15, 0.2) is 0 Å². The first-order valence-electron chi connectivity index (χ1n) is 7.47. The van der Waals surface area contributed by atoms with E-state index in [1.165, 1.54) is 17.1 Å². The zero-order valence-electron chi connectivity index (χ0n) is 13.7. The number of aromatic nitrogens is 2. The van der Waals surface area contributed by atoms with E-state index in [0.29, 0.717) is 24.5 Å². The molecule has 0 saturated heterocycles. The van der Waals surface area contributed by atoms with Gasteiger partial charge >= 0.3 is 0 Å². The van der Waals surface area contributed by atoms with Crippen LogP contribution < -0.4 is 14.8 Å². The maximum atomic E-state index is 12.2. The molecule has 0 radical (unpaired) electrons. The van der Waals surface area contributed by atoms with E-state index in [9.17, 15) is 8.42 Å². The molecule has 0 fully saturated rings. The largest absolute Gasteiger partial charge is 0.494 e. The molecule has 0 aliphatic heterocycles. The third kappa shape index (κ3) is 5.20. The van der Waals surface area contributed by atoms with Gasteiger partial charge in [-0.25, -0.2) is 17.8 Å². The minimum absolute atomic E-state index is 0. The molecule has 7 nitrogen and oxygen atoms in total. The summed E-state index contributed by atoms with van der Waals surface area (Å²) in [6, 6.07) is 7.28. The first-order chi connectivity index (χ1) is 11.1. The molecule has 2 rings (SSSR count). The minimum Gasteiger partial charge on any atom is -0.494 e. The van der Waals surface area contributed by atoms with Gasteiger partial charge in [0.2, 0.25) is 10.0 Å². The van der Waals surface area contributed by atoms with Crippen LogP contribution in [-0.2, 0) is 10.0 Å². The van der Waals surface area contributed by atoms with Gasteiger partial charge in [-0.2, -0.15) is 5.10 Å². The van der Waals surface area contributed by atoms with Crippen LogP contribution in [0.25, 0.3) is 5.69 Å². The Hall–Kier alpha value is -1.61. The van der Waals surface area contributed by atoms with E-state index >= 15 is 0 Å². The van der Waals surface area contributed by atoms with Crippen LogP contribution in [0.4, 0.5) is 0 Å². The smallest absolute Gasteiger partial charge is 0.243 e. The molecule has 0 bridgehead atoms. The lowest BCUT2D eigenvalue weighted by Gasteiger charge is -2.07. The number of hydrogen-bond acceptors (Lipinski definition) is 5. The fourth-order valence-corrected chi connectivity index (χ4v) is 3.02. The fourth-order valence-electron chi connectivity index (χ4n) is 2.05. The Morgan fingerprint density at radius 3 is 2.67 bits per heavy atom. The number of para-hydroxylation sites is 2. The highest BCUT2D eigenvalue weighted by atomic mass is 35.5. The van der Waals surface area contributed by atoms with E-state index in [2.05, 4.69) is 22.1 Å². The molecule has 134 valence electrons. The molecule has 2 aromatic rings. The summed E-state index contributed by atoms with van der Waals surface area (Å²) in [5, 5.41) is 7.26. The topological polar surface area (TPSA) is 85.3 Å². The summed E-state index contributed by atoms with van der Waals surface area (Å²) in [4.78, 5) is 0.124. The van der Waals surface area contributed by atoms with Gasteiger partial charge < -0.3 is 10.1 Å². The number of hydrogen-bond donors (Lipinski definition) is 2. The molecule has 1 aromatic carbocycles. The Morgan fingerprint density at radius 1 is 1.21 bits per heavy atom. The Bertz CT molecular complexity index is 734. The zero-order chi connectivity index (χ0) is 16.7. The lowest BCUT2D eigenvalue weighted by Crippen LogP contribution is -2.32. The van der Waals surface area contributed by atoms with Crippen molar-refractivity contribution < 1.29 is 13.2 Å². The highest BCUT2D eigenvalue weighted by Crippen LogP contribution is 2.22. The lowest BCUT2D eigenvalue weighted by atomic mass is 10.3. The Morgan fingerprint density at radius 2 is 1.96 bits per heavy atom. The van der Waals surface area contributed by atoms with Gasteiger partial charge in [-0.1, -0.05) is 19.1 Å². The molecule has 2 N–H and O–H groups in total. The average molecular weight is 375 g/mol. The van der Waals surface area contributed by atoms with Gasteiger partial charge in [-0.3, -0.25) is 0 Å². The van der Waals surface area contributed by atoms with Crippen molar-refractivity contribution in [2.45, 2.75) is 18.2 Å². The summed E-state index contributed by atoms with van der Waals surface area (Å²) in [5.41, 5.74) is 0.682. The fraction of sp³-hybridized carbons (Fsp3) is 0.400. The quantitative estimate of drug-likeness (QED) is 0.651. The van der Waals surface area contributed by atoms with Crippen LogP contribution in [0, 0.1) is 0 Å². The van der Waals surface area contributed by atoms with Crippen molar-refractivity contribution in [3.8, 4) is 11.4 Å². The van der Waals surface area contributed by atoms with Gasteiger partial charge in [0.1, 0.15) is 16.3 Å². The number of nitrogens with one attached hydrogen (secondary N) is 2. The van der Waals surface area contributed by atoms with E-state index in [-0.39, 0.29) is 17.3 Å². The predicted molar refractivity (Wildman–Crippen MR) is 95.7 cm³/mol. The van der Waals surface area contributed by atoms with E-state index in [1.807, 2.05) is 18.2 Å². The second-order valence-corrected chi connectivity index (χ2v) is 6.71. The molecule has 0 saturated carbocycles. The molecule has 0 aliphatic rings. The number of sulfonamides is 1. The van der Waals surface area contributed by atoms with E-state index in [4.69, 9.17) is 4.74 Å². The van der Waals surface area contributed by atoms with Crippen molar-refractivity contribution in [2.24, 2.45) is 0 Å². The predicted octanol–water partition coefficient (Wildman–Crippen LogP) is 1.58. The average Bonchev–Trinajstić information content (AvgIpc) is 3.05. The number of rotatable bonds is 9. The van der Waals surface area contributed by atoms with E-state index < -0.39 is 10.0 Å². The Kier molecular flexibility index (Phi) is 8.20. The SMILES string of the molecule is CCCNCCNS(=O)(=O)c1cnn(-c2ccccc2OC)c1.Cl. The Balaban J connectivity index is 0.00000288. The zero-order valence-corrected chi connectivity index (χ0v) is 15.4. The van der Waals surface area contributed by atoms with Crippen molar-refractivity contribution >= 4 is 22.4 Å². The number of methoxy groups -OCH3 is 1. The van der Waals surface area contributed by atoms with Crippen LogP contribution in [0.3, 0.4) is 0 Å². The monoisotopic (exact) mass is 374 g/mol. The first kappa shape index (κ1) is 20.4. The molecule has 0 unspecified atom stereocenters. The molecular formula is C15H23ClN4O3S. The molecule has 0 spiro atoms. The molecule has 0 aliphatic carbocycles. The normalized spacial score (nSPS) is 11.1. The summed E-state index contributed by atoms with van der Waals surface area (Å²) in [6.07, 6.45) is 3.81. The summed E-state index contributed by atoms with van der Waals surface area (Å²) >= 11 is 0. The standard InChI is InChI=1S/C15H22N4O3S.ClH/c1-3-8-16-9-10-18-23(20,21)13-11-17-19(12-13)14-6-4-5-7-15(14)22-2;/h4-7,11-12,16,18H,3,8-10H2,1-2H3;1H. The van der Waals surface area contributed by atoms with Gasteiger partial charge in [-0.05, 0) is 25.1 Å².